The van der Waals surface area contributed by atoms with Gasteiger partial charge < -0.3 is 10.1 Å². The van der Waals surface area contributed by atoms with Crippen LogP contribution < -0.4 is 10.1 Å². The molecule has 0 aliphatic rings. The van der Waals surface area contributed by atoms with E-state index in [1.54, 1.807) is 0 Å². The highest BCUT2D eigenvalue weighted by atomic mass is 16.5. The van der Waals surface area contributed by atoms with Crippen LogP contribution in [0.2, 0.25) is 0 Å². The number of aryl methyl sites for hydroxylation is 1. The highest BCUT2D eigenvalue weighted by Crippen LogP contribution is 2.24. The molecule has 0 atom stereocenters. The first-order valence-electron chi connectivity index (χ1n) is 7.14. The third kappa shape index (κ3) is 4.35. The maximum atomic E-state index is 11.9. The maximum Gasteiger partial charge on any atom is 0.262 e. The zero-order chi connectivity index (χ0) is 15.2. The van der Waals surface area contributed by atoms with Gasteiger partial charge in [-0.1, -0.05) is 44.2 Å². The van der Waals surface area contributed by atoms with Gasteiger partial charge in [-0.25, -0.2) is 0 Å². The number of ether oxygens (including phenoxy) is 1. The molecule has 1 N–H and O–H groups in total. The van der Waals surface area contributed by atoms with E-state index in [1.165, 1.54) is 5.56 Å². The van der Waals surface area contributed by atoms with Gasteiger partial charge in [0.05, 0.1) is 0 Å². The number of carbonyl (C=O) groups is 1. The molecule has 0 saturated carbocycles. The fourth-order valence-electron chi connectivity index (χ4n) is 1.99. The van der Waals surface area contributed by atoms with Crippen molar-refractivity contribution in [3.8, 4) is 5.75 Å². The van der Waals surface area contributed by atoms with Gasteiger partial charge >= 0.3 is 0 Å². The SMILES string of the molecule is Cc1ccc(C(C)C)cc1OCC(=O)Nc1ccccc1. The number of carbonyl (C=O) groups excluding carboxylic acids is 1. The highest BCUT2D eigenvalue weighted by Gasteiger charge is 2.07. The zero-order valence-electron chi connectivity index (χ0n) is 12.7. The fraction of sp³-hybridized carbons (Fsp3) is 0.278. The van der Waals surface area contributed by atoms with Crippen LogP contribution in [0, 0.1) is 6.92 Å². The van der Waals surface area contributed by atoms with Crippen LogP contribution in [-0.4, -0.2) is 12.5 Å². The summed E-state index contributed by atoms with van der Waals surface area (Å²) in [7, 11) is 0. The van der Waals surface area contributed by atoms with E-state index in [9.17, 15) is 4.79 Å². The standard InChI is InChI=1S/C18H21NO2/c1-13(2)15-10-9-14(3)17(11-15)21-12-18(20)19-16-7-5-4-6-8-16/h4-11,13H,12H2,1-3H3,(H,19,20). The molecule has 2 aromatic carbocycles. The van der Waals surface area contributed by atoms with Gasteiger partial charge in [-0.2, -0.15) is 0 Å². The molecular weight excluding hydrogens is 262 g/mol. The highest BCUT2D eigenvalue weighted by molar-refractivity contribution is 5.91. The molecule has 0 bridgehead atoms. The smallest absolute Gasteiger partial charge is 0.262 e. The first-order chi connectivity index (χ1) is 10.1. The molecule has 0 unspecified atom stereocenters. The Morgan fingerprint density at radius 1 is 1.14 bits per heavy atom. The van der Waals surface area contributed by atoms with Gasteiger partial charge in [0.1, 0.15) is 5.75 Å². The summed E-state index contributed by atoms with van der Waals surface area (Å²) in [4.78, 5) is 11.9. The molecule has 2 rings (SSSR count). The average Bonchev–Trinajstić information content (AvgIpc) is 2.47. The quantitative estimate of drug-likeness (QED) is 0.895. The van der Waals surface area contributed by atoms with E-state index in [-0.39, 0.29) is 12.5 Å². The summed E-state index contributed by atoms with van der Waals surface area (Å²) in [5.41, 5.74) is 3.02. The van der Waals surface area contributed by atoms with Crippen molar-refractivity contribution in [2.45, 2.75) is 26.7 Å². The number of para-hydroxylation sites is 1. The average molecular weight is 283 g/mol. The van der Waals surface area contributed by atoms with Crippen molar-refractivity contribution in [2.24, 2.45) is 0 Å². The van der Waals surface area contributed by atoms with Crippen LogP contribution >= 0.6 is 0 Å². The molecule has 0 saturated heterocycles. The molecule has 0 aliphatic heterocycles. The van der Waals surface area contributed by atoms with E-state index in [0.29, 0.717) is 5.92 Å². The second-order valence-corrected chi connectivity index (χ2v) is 5.38. The van der Waals surface area contributed by atoms with Crippen LogP contribution in [-0.2, 0) is 4.79 Å². The van der Waals surface area contributed by atoms with Gasteiger partial charge in [0, 0.05) is 5.69 Å². The first-order valence-corrected chi connectivity index (χ1v) is 7.14. The molecule has 2 aromatic rings. The summed E-state index contributed by atoms with van der Waals surface area (Å²) in [5, 5.41) is 2.81. The Kier molecular flexibility index (Phi) is 4.99. The number of amides is 1. The Balaban J connectivity index is 1.96. The molecule has 110 valence electrons. The van der Waals surface area contributed by atoms with E-state index in [4.69, 9.17) is 4.74 Å². The largest absolute Gasteiger partial charge is 0.483 e. The van der Waals surface area contributed by atoms with Gasteiger partial charge in [-0.15, -0.1) is 0 Å². The van der Waals surface area contributed by atoms with E-state index in [1.807, 2.05) is 49.4 Å². The van der Waals surface area contributed by atoms with E-state index in [2.05, 4.69) is 25.2 Å². The minimum absolute atomic E-state index is 0.0112. The van der Waals surface area contributed by atoms with E-state index < -0.39 is 0 Å². The predicted molar refractivity (Wildman–Crippen MR) is 85.8 cm³/mol. The minimum atomic E-state index is -0.157. The molecule has 3 heteroatoms. The van der Waals surface area contributed by atoms with Crippen LogP contribution in [0.25, 0.3) is 0 Å². The Morgan fingerprint density at radius 2 is 1.86 bits per heavy atom. The Labute approximate surface area is 126 Å². The lowest BCUT2D eigenvalue weighted by Crippen LogP contribution is -2.20. The third-order valence-corrected chi connectivity index (χ3v) is 3.30. The number of hydrogen-bond donors (Lipinski definition) is 1. The second-order valence-electron chi connectivity index (χ2n) is 5.38. The van der Waals surface area contributed by atoms with E-state index >= 15 is 0 Å². The van der Waals surface area contributed by atoms with Crippen LogP contribution in [0.5, 0.6) is 5.75 Å². The molecule has 0 spiro atoms. The normalized spacial score (nSPS) is 10.5. The lowest BCUT2D eigenvalue weighted by molar-refractivity contribution is -0.118. The van der Waals surface area contributed by atoms with Crippen LogP contribution in [0.1, 0.15) is 30.9 Å². The predicted octanol–water partition coefficient (Wildman–Crippen LogP) is 4.14. The summed E-state index contributed by atoms with van der Waals surface area (Å²) in [6.07, 6.45) is 0. The van der Waals surface area contributed by atoms with Crippen molar-refractivity contribution >= 4 is 11.6 Å². The van der Waals surface area contributed by atoms with Crippen LogP contribution in [0.4, 0.5) is 5.69 Å². The number of rotatable bonds is 5. The first kappa shape index (κ1) is 15.1. The van der Waals surface area contributed by atoms with Gasteiger partial charge in [-0.05, 0) is 42.2 Å². The Bertz CT molecular complexity index is 606. The number of nitrogens with one attached hydrogen (secondary N) is 1. The number of anilines is 1. The molecule has 0 radical (unpaired) electrons. The fourth-order valence-corrected chi connectivity index (χ4v) is 1.99. The minimum Gasteiger partial charge on any atom is -0.483 e. The monoisotopic (exact) mass is 283 g/mol. The number of hydrogen-bond acceptors (Lipinski definition) is 2. The molecule has 0 aliphatic carbocycles. The van der Waals surface area contributed by atoms with Gasteiger partial charge in [-0.3, -0.25) is 4.79 Å². The van der Waals surface area contributed by atoms with Crippen molar-refractivity contribution in [1.82, 2.24) is 0 Å². The molecule has 0 aromatic heterocycles. The molecular formula is C18H21NO2. The third-order valence-electron chi connectivity index (χ3n) is 3.30. The molecule has 0 fully saturated rings. The van der Waals surface area contributed by atoms with Crippen molar-refractivity contribution in [3.63, 3.8) is 0 Å². The summed E-state index contributed by atoms with van der Waals surface area (Å²) in [6, 6.07) is 15.5. The number of benzene rings is 2. The lowest BCUT2D eigenvalue weighted by atomic mass is 10.0. The van der Waals surface area contributed by atoms with Crippen molar-refractivity contribution in [2.75, 3.05) is 11.9 Å². The maximum absolute atomic E-state index is 11.9. The summed E-state index contributed by atoms with van der Waals surface area (Å²) >= 11 is 0. The Morgan fingerprint density at radius 3 is 2.52 bits per heavy atom. The summed E-state index contributed by atoms with van der Waals surface area (Å²) in [6.45, 7) is 6.26. The lowest BCUT2D eigenvalue weighted by Gasteiger charge is -2.13. The van der Waals surface area contributed by atoms with Crippen molar-refractivity contribution in [3.05, 3.63) is 59.7 Å². The topological polar surface area (TPSA) is 38.3 Å². The zero-order valence-corrected chi connectivity index (χ0v) is 12.7. The second kappa shape index (κ2) is 6.93. The van der Waals surface area contributed by atoms with E-state index in [0.717, 1.165) is 17.0 Å². The molecule has 1 amide bonds. The molecule has 21 heavy (non-hydrogen) atoms. The Hall–Kier alpha value is -2.29. The van der Waals surface area contributed by atoms with Crippen LogP contribution in [0.15, 0.2) is 48.5 Å². The van der Waals surface area contributed by atoms with Crippen LogP contribution in [0.3, 0.4) is 0 Å². The van der Waals surface area contributed by atoms with Crippen molar-refractivity contribution < 1.29 is 9.53 Å². The summed E-state index contributed by atoms with van der Waals surface area (Å²) < 4.78 is 5.65. The molecule has 3 nitrogen and oxygen atoms in total. The van der Waals surface area contributed by atoms with Gasteiger partial charge in [0.15, 0.2) is 6.61 Å². The van der Waals surface area contributed by atoms with Gasteiger partial charge in [0.25, 0.3) is 5.91 Å². The molecule has 0 heterocycles. The van der Waals surface area contributed by atoms with Gasteiger partial charge in [0.2, 0.25) is 0 Å². The summed E-state index contributed by atoms with van der Waals surface area (Å²) in [5.74, 6) is 1.05. The van der Waals surface area contributed by atoms with Crippen molar-refractivity contribution in [1.29, 1.82) is 0 Å².